The summed E-state index contributed by atoms with van der Waals surface area (Å²) in [6, 6.07) is 14.5. The average Bonchev–Trinajstić information content (AvgIpc) is 3.68. The van der Waals surface area contributed by atoms with Crippen LogP contribution in [0.5, 0.6) is 0 Å². The van der Waals surface area contributed by atoms with E-state index in [1.165, 1.54) is 42.5 Å². The van der Waals surface area contributed by atoms with E-state index in [9.17, 15) is 27.2 Å². The maximum atomic E-state index is 13.7. The van der Waals surface area contributed by atoms with Crippen molar-refractivity contribution in [3.05, 3.63) is 112 Å². The fourth-order valence-corrected chi connectivity index (χ4v) is 7.48. The molecule has 2 aromatic carbocycles. The summed E-state index contributed by atoms with van der Waals surface area (Å²) in [5.41, 5.74) is 0.0344. The van der Waals surface area contributed by atoms with Crippen molar-refractivity contribution in [1.29, 1.82) is 0 Å². The number of Topliss-reactive ketones (excluding diaryl/α,β-unsaturated/α-hetero) is 1. The van der Waals surface area contributed by atoms with Crippen molar-refractivity contribution in [3.8, 4) is 0 Å². The normalized spacial score (nSPS) is 15.0. The number of rotatable bonds is 8. The number of hydrogen-bond acceptors (Lipinski definition) is 5. The summed E-state index contributed by atoms with van der Waals surface area (Å²) in [5, 5.41) is 2.76. The molecule has 0 fully saturated rings. The first kappa shape index (κ1) is 32.2. The highest BCUT2D eigenvalue weighted by Crippen LogP contribution is 2.37. The standard InChI is InChI=1S/C16H14BrF2NO2S.C14H10BrF2NS/c1-9(21)20-12(14-7-8-15(17)23-14)5-6-13(22)16-10(18)3-2-4-11(16)19;15-13-7-6-12(19-13)10-4-5-11(18-10)14-8(16)2-1-3-9(14)17/h2-4,7-8,12H,5-6H2,1H3,(H,20,21);1-3,6-7,10H,4-5H2. The topological polar surface area (TPSA) is 58.5 Å². The minimum absolute atomic E-state index is 0.0188. The fraction of sp³-hybridized carbons (Fsp3) is 0.233. The number of aliphatic imine (C=N–C) groups is 1. The smallest absolute Gasteiger partial charge is 0.217 e. The second-order valence-corrected chi connectivity index (χ2v) is 14.3. The predicted octanol–water partition coefficient (Wildman–Crippen LogP) is 9.74. The van der Waals surface area contributed by atoms with E-state index in [1.807, 2.05) is 24.3 Å². The van der Waals surface area contributed by atoms with Gasteiger partial charge in [-0.2, -0.15) is 0 Å². The molecular weight excluding hydrogens is 720 g/mol. The van der Waals surface area contributed by atoms with Gasteiger partial charge in [0.2, 0.25) is 5.91 Å². The highest BCUT2D eigenvalue weighted by atomic mass is 79.9. The highest BCUT2D eigenvalue weighted by molar-refractivity contribution is 9.11. The maximum Gasteiger partial charge on any atom is 0.217 e. The van der Waals surface area contributed by atoms with Gasteiger partial charge in [0.25, 0.3) is 0 Å². The average molecular weight is 744 g/mol. The summed E-state index contributed by atoms with van der Waals surface area (Å²) in [6.07, 6.45) is 1.60. The number of nitrogens with one attached hydrogen (secondary N) is 1. The predicted molar refractivity (Wildman–Crippen MR) is 165 cm³/mol. The van der Waals surface area contributed by atoms with Crippen LogP contribution < -0.4 is 5.32 Å². The number of amides is 1. The van der Waals surface area contributed by atoms with Gasteiger partial charge in [-0.1, -0.05) is 12.1 Å². The van der Waals surface area contributed by atoms with E-state index in [1.54, 1.807) is 11.3 Å². The monoisotopic (exact) mass is 742 g/mol. The summed E-state index contributed by atoms with van der Waals surface area (Å²) >= 11 is 9.80. The molecule has 0 spiro atoms. The van der Waals surface area contributed by atoms with E-state index < -0.39 is 34.6 Å². The van der Waals surface area contributed by atoms with Crippen LogP contribution in [0.4, 0.5) is 17.6 Å². The number of ketones is 1. The molecule has 2 aromatic heterocycles. The lowest BCUT2D eigenvalue weighted by Gasteiger charge is -2.16. The van der Waals surface area contributed by atoms with E-state index in [0.717, 1.165) is 35.9 Å². The number of benzene rings is 2. The first-order valence-corrected chi connectivity index (χ1v) is 16.0. The van der Waals surface area contributed by atoms with Gasteiger partial charge in [0.05, 0.1) is 30.8 Å². The Morgan fingerprint density at radius 2 is 1.50 bits per heavy atom. The van der Waals surface area contributed by atoms with Crippen LogP contribution in [0.3, 0.4) is 0 Å². The molecule has 5 rings (SSSR count). The Labute approximate surface area is 265 Å². The number of halogens is 6. The number of thiophene rings is 2. The van der Waals surface area contributed by atoms with Crippen LogP contribution in [0.2, 0.25) is 0 Å². The lowest BCUT2D eigenvalue weighted by Crippen LogP contribution is -2.26. The molecule has 1 N–H and O–H groups in total. The van der Waals surface area contributed by atoms with Crippen molar-refractivity contribution >= 4 is 71.9 Å². The number of nitrogens with zero attached hydrogens (tertiary/aromatic N) is 1. The van der Waals surface area contributed by atoms with Gasteiger partial charge >= 0.3 is 0 Å². The molecular formula is C30H24Br2F4N2O2S2. The third-order valence-corrected chi connectivity index (χ3v) is 9.82. The molecule has 2 unspecified atom stereocenters. The minimum atomic E-state index is -0.870. The van der Waals surface area contributed by atoms with Gasteiger partial charge in [-0.15, -0.1) is 22.7 Å². The molecule has 1 aliphatic heterocycles. The number of carbonyl (C=O) groups excluding carboxylic acids is 2. The Bertz CT molecular complexity index is 1580. The van der Waals surface area contributed by atoms with Crippen LogP contribution in [0, 0.1) is 23.3 Å². The molecule has 3 heterocycles. The third-order valence-electron chi connectivity index (χ3n) is 6.36. The zero-order valence-electron chi connectivity index (χ0n) is 22.1. The number of hydrogen-bond donors (Lipinski definition) is 1. The Kier molecular flexibility index (Phi) is 11.3. The zero-order chi connectivity index (χ0) is 30.4. The molecule has 4 aromatic rings. The van der Waals surface area contributed by atoms with Crippen molar-refractivity contribution in [2.75, 3.05) is 0 Å². The fourth-order valence-electron chi connectivity index (χ4n) is 4.48. The summed E-state index contributed by atoms with van der Waals surface area (Å²) in [5.74, 6) is -3.66. The molecule has 0 saturated carbocycles. The summed E-state index contributed by atoms with van der Waals surface area (Å²) < 4.78 is 56.6. The molecule has 4 nitrogen and oxygen atoms in total. The molecule has 0 bridgehead atoms. The lowest BCUT2D eigenvalue weighted by molar-refractivity contribution is -0.119. The van der Waals surface area contributed by atoms with Gasteiger partial charge < -0.3 is 5.32 Å². The van der Waals surface area contributed by atoms with Gasteiger partial charge in [0.1, 0.15) is 23.3 Å². The largest absolute Gasteiger partial charge is 0.349 e. The van der Waals surface area contributed by atoms with Crippen molar-refractivity contribution in [3.63, 3.8) is 0 Å². The van der Waals surface area contributed by atoms with Crippen LogP contribution in [-0.4, -0.2) is 17.4 Å². The van der Waals surface area contributed by atoms with E-state index >= 15 is 0 Å². The highest BCUT2D eigenvalue weighted by Gasteiger charge is 2.25. The summed E-state index contributed by atoms with van der Waals surface area (Å²) in [7, 11) is 0. The molecule has 42 heavy (non-hydrogen) atoms. The van der Waals surface area contributed by atoms with Gasteiger partial charge in [-0.05, 0) is 99.7 Å². The van der Waals surface area contributed by atoms with E-state index in [-0.39, 0.29) is 36.4 Å². The van der Waals surface area contributed by atoms with Crippen LogP contribution in [0.1, 0.15) is 70.4 Å². The van der Waals surface area contributed by atoms with Crippen LogP contribution in [-0.2, 0) is 4.79 Å². The maximum absolute atomic E-state index is 13.7. The van der Waals surface area contributed by atoms with E-state index in [4.69, 9.17) is 0 Å². The van der Waals surface area contributed by atoms with Crippen molar-refractivity contribution in [2.24, 2.45) is 4.99 Å². The van der Waals surface area contributed by atoms with Gasteiger partial charge in [0.15, 0.2) is 5.78 Å². The Morgan fingerprint density at radius 3 is 2.05 bits per heavy atom. The van der Waals surface area contributed by atoms with Gasteiger partial charge in [-0.25, -0.2) is 17.6 Å². The molecule has 0 saturated heterocycles. The second-order valence-electron chi connectivity index (χ2n) is 9.32. The summed E-state index contributed by atoms with van der Waals surface area (Å²) in [4.78, 5) is 29.9. The second kappa shape index (κ2) is 14.7. The minimum Gasteiger partial charge on any atom is -0.349 e. The first-order chi connectivity index (χ1) is 20.0. The lowest BCUT2D eigenvalue weighted by atomic mass is 10.0. The molecule has 12 heteroatoms. The molecule has 0 radical (unpaired) electrons. The van der Waals surface area contributed by atoms with Crippen LogP contribution in [0.15, 0.2) is 73.2 Å². The molecule has 2 atom stereocenters. The van der Waals surface area contributed by atoms with Crippen molar-refractivity contribution < 1.29 is 27.2 Å². The summed E-state index contributed by atoms with van der Waals surface area (Å²) in [6.45, 7) is 1.38. The van der Waals surface area contributed by atoms with Crippen molar-refractivity contribution in [1.82, 2.24) is 5.32 Å². The Morgan fingerprint density at radius 1 is 0.905 bits per heavy atom. The molecule has 220 valence electrons. The van der Waals surface area contributed by atoms with E-state index in [0.29, 0.717) is 12.1 Å². The molecule has 1 amide bonds. The third kappa shape index (κ3) is 8.24. The van der Waals surface area contributed by atoms with E-state index in [2.05, 4.69) is 42.2 Å². The molecule has 0 aliphatic carbocycles. The molecule has 1 aliphatic rings. The van der Waals surface area contributed by atoms with Gasteiger partial charge in [-0.3, -0.25) is 14.6 Å². The van der Waals surface area contributed by atoms with Crippen LogP contribution >= 0.6 is 54.5 Å². The quantitative estimate of drug-likeness (QED) is 0.144. The Hall–Kier alpha value is -2.67. The van der Waals surface area contributed by atoms with Crippen molar-refractivity contribution in [2.45, 2.75) is 44.7 Å². The number of carbonyl (C=O) groups is 2. The van der Waals surface area contributed by atoms with Gasteiger partial charge in [0, 0.05) is 28.8 Å². The Balaban J connectivity index is 0.000000196. The zero-order valence-corrected chi connectivity index (χ0v) is 26.9. The van der Waals surface area contributed by atoms with Crippen LogP contribution in [0.25, 0.3) is 0 Å². The SMILES string of the molecule is CC(=O)NC(CCC(=O)c1c(F)cccc1F)c1ccc(Br)s1.Fc1cccc(F)c1C1=NC(c2ccc(Br)s2)CC1. The first-order valence-electron chi connectivity index (χ1n) is 12.8.